The van der Waals surface area contributed by atoms with Gasteiger partial charge in [-0.3, -0.25) is 9.59 Å². The minimum absolute atomic E-state index is 0.0199. The molecule has 0 aliphatic carbocycles. The van der Waals surface area contributed by atoms with Gasteiger partial charge < -0.3 is 15.8 Å². The van der Waals surface area contributed by atoms with E-state index in [0.717, 1.165) is 0 Å². The standard InChI is InChI=1S/C19H36N2O4/c1-11(2)17(23)15(20)12(3)9-10-13(4)16(14(5)22)21-18(24)25-19(6,7)8/h11-13,15-16H,9-10,20H2,1-8H3,(H,21,24). The largest absolute Gasteiger partial charge is 0.444 e. The second kappa shape index (κ2) is 9.90. The minimum Gasteiger partial charge on any atom is -0.444 e. The summed E-state index contributed by atoms with van der Waals surface area (Å²) in [5.74, 6) is -0.210. The first-order valence-electron chi connectivity index (χ1n) is 9.05. The molecule has 0 spiro atoms. The Kier molecular flexibility index (Phi) is 9.33. The average Bonchev–Trinajstić information content (AvgIpc) is 2.46. The number of Topliss-reactive ketones (excluding diaryl/α,β-unsaturated/α-hetero) is 2. The molecule has 0 bridgehead atoms. The van der Waals surface area contributed by atoms with E-state index in [1.807, 2.05) is 27.7 Å². The van der Waals surface area contributed by atoms with Gasteiger partial charge in [-0.1, -0.05) is 27.7 Å². The van der Waals surface area contributed by atoms with Gasteiger partial charge >= 0.3 is 6.09 Å². The van der Waals surface area contributed by atoms with Crippen LogP contribution >= 0.6 is 0 Å². The molecule has 4 atom stereocenters. The van der Waals surface area contributed by atoms with Crippen LogP contribution in [-0.4, -0.2) is 35.3 Å². The summed E-state index contributed by atoms with van der Waals surface area (Å²) in [7, 11) is 0. The molecule has 0 aromatic carbocycles. The van der Waals surface area contributed by atoms with Crippen LogP contribution in [0.1, 0.15) is 68.2 Å². The molecule has 0 aliphatic heterocycles. The monoisotopic (exact) mass is 356 g/mol. The van der Waals surface area contributed by atoms with Crippen molar-refractivity contribution in [3.8, 4) is 0 Å². The third kappa shape index (κ3) is 9.00. The van der Waals surface area contributed by atoms with Gasteiger partial charge in [-0.05, 0) is 52.4 Å². The predicted molar refractivity (Wildman–Crippen MR) is 99.2 cm³/mol. The van der Waals surface area contributed by atoms with E-state index in [1.54, 1.807) is 20.8 Å². The van der Waals surface area contributed by atoms with Gasteiger partial charge in [0.05, 0.1) is 12.1 Å². The fourth-order valence-corrected chi connectivity index (χ4v) is 2.62. The number of hydrogen-bond acceptors (Lipinski definition) is 5. The van der Waals surface area contributed by atoms with Crippen molar-refractivity contribution in [3.05, 3.63) is 0 Å². The van der Waals surface area contributed by atoms with Crippen LogP contribution in [0.3, 0.4) is 0 Å². The van der Waals surface area contributed by atoms with E-state index in [-0.39, 0.29) is 29.3 Å². The molecule has 3 N–H and O–H groups in total. The maximum Gasteiger partial charge on any atom is 0.408 e. The van der Waals surface area contributed by atoms with Crippen molar-refractivity contribution in [2.75, 3.05) is 0 Å². The smallest absolute Gasteiger partial charge is 0.408 e. The molecule has 4 unspecified atom stereocenters. The number of rotatable bonds is 9. The van der Waals surface area contributed by atoms with Gasteiger partial charge in [-0.15, -0.1) is 0 Å². The third-order valence-corrected chi connectivity index (χ3v) is 4.27. The van der Waals surface area contributed by atoms with Gasteiger partial charge in [0.1, 0.15) is 5.60 Å². The summed E-state index contributed by atoms with van der Waals surface area (Å²) in [5, 5.41) is 2.66. The highest BCUT2D eigenvalue weighted by molar-refractivity contribution is 5.86. The molecule has 146 valence electrons. The minimum atomic E-state index is -0.618. The average molecular weight is 357 g/mol. The number of hydrogen-bond donors (Lipinski definition) is 2. The van der Waals surface area contributed by atoms with Gasteiger partial charge in [-0.2, -0.15) is 0 Å². The zero-order chi connectivity index (χ0) is 19.9. The van der Waals surface area contributed by atoms with Crippen LogP contribution in [0, 0.1) is 17.8 Å². The van der Waals surface area contributed by atoms with E-state index in [1.165, 1.54) is 6.92 Å². The van der Waals surface area contributed by atoms with E-state index in [9.17, 15) is 14.4 Å². The fraction of sp³-hybridized carbons (Fsp3) is 0.842. The van der Waals surface area contributed by atoms with Crippen molar-refractivity contribution in [1.29, 1.82) is 0 Å². The van der Waals surface area contributed by atoms with Crippen LogP contribution in [-0.2, 0) is 14.3 Å². The number of ketones is 2. The first-order chi connectivity index (χ1) is 11.3. The normalized spacial score (nSPS) is 16.7. The molecule has 0 saturated heterocycles. The molecule has 0 heterocycles. The number of ether oxygens (including phenoxy) is 1. The lowest BCUT2D eigenvalue weighted by molar-refractivity contribution is -0.124. The fourth-order valence-electron chi connectivity index (χ4n) is 2.62. The Morgan fingerprint density at radius 3 is 1.88 bits per heavy atom. The maximum atomic E-state index is 12.0. The summed E-state index contributed by atoms with van der Waals surface area (Å²) in [5.41, 5.74) is 5.41. The van der Waals surface area contributed by atoms with E-state index < -0.39 is 23.8 Å². The Morgan fingerprint density at radius 1 is 1.00 bits per heavy atom. The number of nitrogens with two attached hydrogens (primary N) is 1. The molecule has 6 heteroatoms. The van der Waals surface area contributed by atoms with Gasteiger partial charge in [-0.25, -0.2) is 4.79 Å². The van der Waals surface area contributed by atoms with Crippen LogP contribution in [0.15, 0.2) is 0 Å². The Bertz CT molecular complexity index is 469. The van der Waals surface area contributed by atoms with Crippen molar-refractivity contribution >= 4 is 17.7 Å². The van der Waals surface area contributed by atoms with E-state index >= 15 is 0 Å². The van der Waals surface area contributed by atoms with Crippen molar-refractivity contribution in [3.63, 3.8) is 0 Å². The number of carbonyl (C=O) groups is 3. The summed E-state index contributed by atoms with van der Waals surface area (Å²) in [6.45, 7) is 14.3. The van der Waals surface area contributed by atoms with Gasteiger partial charge in [0, 0.05) is 5.92 Å². The molecule has 0 aromatic heterocycles. The molecule has 6 nitrogen and oxygen atoms in total. The number of alkyl carbamates (subject to hydrolysis) is 1. The molecule has 0 rings (SSSR count). The predicted octanol–water partition coefficient (Wildman–Crippen LogP) is 3.07. The summed E-state index contributed by atoms with van der Waals surface area (Å²) >= 11 is 0. The maximum absolute atomic E-state index is 12.0. The quantitative estimate of drug-likeness (QED) is 0.661. The van der Waals surface area contributed by atoms with Crippen molar-refractivity contribution in [2.24, 2.45) is 23.5 Å². The molecule has 1 amide bonds. The van der Waals surface area contributed by atoms with E-state index in [4.69, 9.17) is 10.5 Å². The highest BCUT2D eigenvalue weighted by Gasteiger charge is 2.28. The second-order valence-electron chi connectivity index (χ2n) is 8.35. The van der Waals surface area contributed by atoms with Crippen molar-refractivity contribution in [2.45, 2.75) is 85.9 Å². The van der Waals surface area contributed by atoms with Crippen LogP contribution in [0.2, 0.25) is 0 Å². The molecule has 25 heavy (non-hydrogen) atoms. The van der Waals surface area contributed by atoms with E-state index in [2.05, 4.69) is 5.32 Å². The number of nitrogens with one attached hydrogen (secondary N) is 1. The Labute approximate surface area is 152 Å². The molecule has 0 aliphatic rings. The molecule has 0 radical (unpaired) electrons. The lowest BCUT2D eigenvalue weighted by Crippen LogP contribution is -2.46. The lowest BCUT2D eigenvalue weighted by atomic mass is 9.85. The van der Waals surface area contributed by atoms with Crippen molar-refractivity contribution < 1.29 is 19.1 Å². The molecule has 0 saturated carbocycles. The Balaban J connectivity index is 4.70. The highest BCUT2D eigenvalue weighted by atomic mass is 16.6. The first-order valence-corrected chi connectivity index (χ1v) is 9.05. The van der Waals surface area contributed by atoms with Gasteiger partial charge in [0.25, 0.3) is 0 Å². The van der Waals surface area contributed by atoms with E-state index in [0.29, 0.717) is 12.8 Å². The summed E-state index contributed by atoms with van der Waals surface area (Å²) in [6.07, 6.45) is 0.792. The Hall–Kier alpha value is -1.43. The lowest BCUT2D eigenvalue weighted by Gasteiger charge is -2.27. The van der Waals surface area contributed by atoms with Crippen LogP contribution in [0.4, 0.5) is 4.79 Å². The highest BCUT2D eigenvalue weighted by Crippen LogP contribution is 2.20. The van der Waals surface area contributed by atoms with Gasteiger partial charge in [0.2, 0.25) is 0 Å². The topological polar surface area (TPSA) is 98.5 Å². The third-order valence-electron chi connectivity index (χ3n) is 4.27. The summed E-state index contributed by atoms with van der Waals surface area (Å²) < 4.78 is 5.22. The molecule has 0 fully saturated rings. The van der Waals surface area contributed by atoms with Crippen LogP contribution < -0.4 is 11.1 Å². The zero-order valence-electron chi connectivity index (χ0n) is 17.0. The number of carbonyl (C=O) groups excluding carboxylic acids is 3. The zero-order valence-corrected chi connectivity index (χ0v) is 17.0. The first kappa shape index (κ1) is 23.6. The molecular weight excluding hydrogens is 320 g/mol. The Morgan fingerprint density at radius 2 is 1.48 bits per heavy atom. The van der Waals surface area contributed by atoms with Crippen LogP contribution in [0.5, 0.6) is 0 Å². The van der Waals surface area contributed by atoms with Crippen molar-refractivity contribution in [1.82, 2.24) is 5.32 Å². The van der Waals surface area contributed by atoms with Crippen LogP contribution in [0.25, 0.3) is 0 Å². The molecule has 0 aromatic rings. The van der Waals surface area contributed by atoms with Gasteiger partial charge in [0.15, 0.2) is 11.6 Å². The summed E-state index contributed by atoms with van der Waals surface area (Å²) in [6, 6.07) is -1.11. The second-order valence-corrected chi connectivity index (χ2v) is 8.35. The summed E-state index contributed by atoms with van der Waals surface area (Å²) in [4.78, 5) is 35.8. The SMILES string of the molecule is CC(=O)C(NC(=O)OC(C)(C)C)C(C)CCC(C)C(N)C(=O)C(C)C. The molecular formula is C19H36N2O4. The number of amides is 1.